The van der Waals surface area contributed by atoms with Gasteiger partial charge in [0.25, 0.3) is 0 Å². The third-order valence-electron chi connectivity index (χ3n) is 3.24. The standard InChI is InChI=1S/C17H23NO4/c1-6-15(20)18-13-9-12(8-7-11(13)2)16(21)22-10-14(19)17(3,4)5/h7-9H,6,10H2,1-5H3,(H,18,20). The van der Waals surface area contributed by atoms with Crippen LogP contribution >= 0.6 is 0 Å². The Morgan fingerprint density at radius 2 is 1.82 bits per heavy atom. The smallest absolute Gasteiger partial charge is 0.338 e. The third-order valence-corrected chi connectivity index (χ3v) is 3.24. The molecule has 0 saturated carbocycles. The van der Waals surface area contributed by atoms with Gasteiger partial charge in [0.05, 0.1) is 5.56 Å². The summed E-state index contributed by atoms with van der Waals surface area (Å²) in [4.78, 5) is 35.2. The van der Waals surface area contributed by atoms with Gasteiger partial charge in [-0.25, -0.2) is 4.79 Å². The van der Waals surface area contributed by atoms with Gasteiger partial charge in [0.15, 0.2) is 12.4 Å². The van der Waals surface area contributed by atoms with Crippen LogP contribution < -0.4 is 5.32 Å². The number of hydrogen-bond acceptors (Lipinski definition) is 4. The Balaban J connectivity index is 2.80. The maximum Gasteiger partial charge on any atom is 0.338 e. The van der Waals surface area contributed by atoms with Crippen LogP contribution in [0.1, 0.15) is 50.0 Å². The molecule has 1 N–H and O–H groups in total. The first-order chi connectivity index (χ1) is 10.1. The van der Waals surface area contributed by atoms with E-state index in [4.69, 9.17) is 4.74 Å². The summed E-state index contributed by atoms with van der Waals surface area (Å²) in [6, 6.07) is 4.90. The average molecular weight is 305 g/mol. The number of hydrogen-bond donors (Lipinski definition) is 1. The molecule has 1 amide bonds. The SMILES string of the molecule is CCC(=O)Nc1cc(C(=O)OCC(=O)C(C)(C)C)ccc1C. The van der Waals surface area contributed by atoms with Crippen LogP contribution in [0.25, 0.3) is 0 Å². The van der Waals surface area contributed by atoms with Crippen molar-refractivity contribution in [1.82, 2.24) is 0 Å². The molecule has 5 heteroatoms. The van der Waals surface area contributed by atoms with Gasteiger partial charge in [-0.1, -0.05) is 33.8 Å². The number of amides is 1. The van der Waals surface area contributed by atoms with E-state index in [1.54, 1.807) is 45.9 Å². The van der Waals surface area contributed by atoms with E-state index in [2.05, 4.69) is 5.32 Å². The molecule has 0 fully saturated rings. The van der Waals surface area contributed by atoms with E-state index < -0.39 is 11.4 Å². The first-order valence-corrected chi connectivity index (χ1v) is 7.26. The molecule has 0 bridgehead atoms. The molecule has 1 aromatic carbocycles. The lowest BCUT2D eigenvalue weighted by atomic mass is 9.91. The lowest BCUT2D eigenvalue weighted by Gasteiger charge is -2.16. The van der Waals surface area contributed by atoms with E-state index in [0.717, 1.165) is 5.56 Å². The van der Waals surface area contributed by atoms with Gasteiger partial charge in [-0.05, 0) is 24.6 Å². The molecule has 1 rings (SSSR count). The van der Waals surface area contributed by atoms with Crippen LogP contribution in [0, 0.1) is 12.3 Å². The number of carbonyl (C=O) groups excluding carboxylic acids is 3. The Kier molecular flexibility index (Phi) is 5.85. The highest BCUT2D eigenvalue weighted by molar-refractivity contribution is 5.96. The van der Waals surface area contributed by atoms with Crippen molar-refractivity contribution in [2.75, 3.05) is 11.9 Å². The first kappa shape index (κ1) is 17.9. The normalized spacial score (nSPS) is 11.0. The molecule has 0 heterocycles. The summed E-state index contributed by atoms with van der Waals surface area (Å²) in [5.41, 5.74) is 1.18. The van der Waals surface area contributed by atoms with Crippen LogP contribution in [0.15, 0.2) is 18.2 Å². The Labute approximate surface area is 131 Å². The fourth-order valence-electron chi connectivity index (χ4n) is 1.55. The quantitative estimate of drug-likeness (QED) is 0.848. The van der Waals surface area contributed by atoms with Gasteiger partial charge in [-0.3, -0.25) is 9.59 Å². The number of nitrogens with one attached hydrogen (secondary N) is 1. The molecule has 120 valence electrons. The maximum atomic E-state index is 12.0. The monoisotopic (exact) mass is 305 g/mol. The lowest BCUT2D eigenvalue weighted by molar-refractivity contribution is -0.129. The number of aryl methyl sites for hydroxylation is 1. The minimum Gasteiger partial charge on any atom is -0.454 e. The molecule has 5 nitrogen and oxygen atoms in total. The van der Waals surface area contributed by atoms with Gasteiger partial charge in [0, 0.05) is 17.5 Å². The molecule has 0 radical (unpaired) electrons. The van der Waals surface area contributed by atoms with Crippen LogP contribution in [-0.4, -0.2) is 24.3 Å². The minimum absolute atomic E-state index is 0.128. The van der Waals surface area contributed by atoms with Crippen molar-refractivity contribution in [1.29, 1.82) is 0 Å². The second-order valence-electron chi connectivity index (χ2n) is 6.18. The largest absolute Gasteiger partial charge is 0.454 e. The van der Waals surface area contributed by atoms with Crippen molar-refractivity contribution < 1.29 is 19.1 Å². The summed E-state index contributed by atoms with van der Waals surface area (Å²) >= 11 is 0. The third kappa shape index (κ3) is 4.98. The Bertz CT molecular complexity index is 585. The summed E-state index contributed by atoms with van der Waals surface area (Å²) in [7, 11) is 0. The molecule has 1 aromatic rings. The fourth-order valence-corrected chi connectivity index (χ4v) is 1.55. The van der Waals surface area contributed by atoms with Gasteiger partial charge >= 0.3 is 5.97 Å². The second kappa shape index (κ2) is 7.20. The van der Waals surface area contributed by atoms with Crippen LogP contribution in [0.2, 0.25) is 0 Å². The van der Waals surface area contributed by atoms with Crippen LogP contribution in [-0.2, 0) is 14.3 Å². The Morgan fingerprint density at radius 1 is 1.18 bits per heavy atom. The molecule has 0 spiro atoms. The number of ketones is 1. The van der Waals surface area contributed by atoms with Gasteiger partial charge in [0.1, 0.15) is 0 Å². The number of rotatable bonds is 5. The van der Waals surface area contributed by atoms with E-state index >= 15 is 0 Å². The van der Waals surface area contributed by atoms with E-state index in [-0.39, 0.29) is 18.3 Å². The number of ether oxygens (including phenoxy) is 1. The molecular weight excluding hydrogens is 282 g/mol. The predicted molar refractivity (Wildman–Crippen MR) is 84.8 cm³/mol. The van der Waals surface area contributed by atoms with Crippen LogP contribution in [0.3, 0.4) is 0 Å². The topological polar surface area (TPSA) is 72.5 Å². The average Bonchev–Trinajstić information content (AvgIpc) is 2.45. The zero-order valence-electron chi connectivity index (χ0n) is 13.8. The zero-order chi connectivity index (χ0) is 16.9. The number of Topliss-reactive ketones (excluding diaryl/α,β-unsaturated/α-hetero) is 1. The van der Waals surface area contributed by atoms with Crippen molar-refractivity contribution in [3.63, 3.8) is 0 Å². The van der Waals surface area contributed by atoms with E-state index in [1.807, 2.05) is 6.92 Å². The summed E-state index contributed by atoms with van der Waals surface area (Å²) in [5.74, 6) is -0.853. The van der Waals surface area contributed by atoms with Gasteiger partial charge in [0.2, 0.25) is 5.91 Å². The zero-order valence-corrected chi connectivity index (χ0v) is 13.8. The highest BCUT2D eigenvalue weighted by Gasteiger charge is 2.23. The van der Waals surface area contributed by atoms with Gasteiger partial charge in [-0.15, -0.1) is 0 Å². The van der Waals surface area contributed by atoms with E-state index in [1.165, 1.54) is 0 Å². The summed E-state index contributed by atoms with van der Waals surface area (Å²) in [6.45, 7) is 8.64. The summed E-state index contributed by atoms with van der Waals surface area (Å²) in [6.07, 6.45) is 0.355. The first-order valence-electron chi connectivity index (χ1n) is 7.26. The molecule has 0 unspecified atom stereocenters. The Hall–Kier alpha value is -2.17. The number of esters is 1. The van der Waals surface area contributed by atoms with Crippen LogP contribution in [0.4, 0.5) is 5.69 Å². The lowest BCUT2D eigenvalue weighted by Crippen LogP contribution is -2.26. The number of benzene rings is 1. The summed E-state index contributed by atoms with van der Waals surface area (Å²) in [5, 5.41) is 2.73. The number of anilines is 1. The second-order valence-corrected chi connectivity index (χ2v) is 6.18. The highest BCUT2D eigenvalue weighted by Crippen LogP contribution is 2.19. The summed E-state index contributed by atoms with van der Waals surface area (Å²) < 4.78 is 5.04. The minimum atomic E-state index is -0.579. The van der Waals surface area contributed by atoms with Crippen molar-refractivity contribution >= 4 is 23.3 Å². The molecule has 22 heavy (non-hydrogen) atoms. The van der Waals surface area contributed by atoms with Crippen LogP contribution in [0.5, 0.6) is 0 Å². The Morgan fingerprint density at radius 3 is 2.36 bits per heavy atom. The molecule has 0 aliphatic heterocycles. The molecule has 0 aromatic heterocycles. The van der Waals surface area contributed by atoms with E-state index in [9.17, 15) is 14.4 Å². The van der Waals surface area contributed by atoms with E-state index in [0.29, 0.717) is 17.7 Å². The van der Waals surface area contributed by atoms with Crippen molar-refractivity contribution in [2.24, 2.45) is 5.41 Å². The molecule has 0 aliphatic rings. The predicted octanol–water partition coefficient (Wildman–Crippen LogP) is 3.12. The molecule has 0 atom stereocenters. The molecule has 0 saturated heterocycles. The van der Waals surface area contributed by atoms with Crippen molar-refractivity contribution in [3.05, 3.63) is 29.3 Å². The van der Waals surface area contributed by atoms with Gasteiger partial charge < -0.3 is 10.1 Å². The number of carbonyl (C=O) groups is 3. The maximum absolute atomic E-state index is 12.0. The van der Waals surface area contributed by atoms with Crippen molar-refractivity contribution in [2.45, 2.75) is 41.0 Å². The van der Waals surface area contributed by atoms with Crippen molar-refractivity contribution in [3.8, 4) is 0 Å². The molecule has 0 aliphatic carbocycles. The molecular formula is C17H23NO4. The highest BCUT2D eigenvalue weighted by atomic mass is 16.5. The van der Waals surface area contributed by atoms with Gasteiger partial charge in [-0.2, -0.15) is 0 Å². The fraction of sp³-hybridized carbons (Fsp3) is 0.471.